The Morgan fingerprint density at radius 1 is 1.59 bits per heavy atom. The van der Waals surface area contributed by atoms with Crippen LogP contribution >= 0.6 is 0 Å². The molecule has 1 aliphatic carbocycles. The molecule has 0 aliphatic heterocycles. The maximum atomic E-state index is 9.14. The first-order valence-corrected chi connectivity index (χ1v) is 6.07. The van der Waals surface area contributed by atoms with Crippen LogP contribution in [0.1, 0.15) is 30.5 Å². The predicted molar refractivity (Wildman–Crippen MR) is 66.5 cm³/mol. The van der Waals surface area contributed by atoms with Gasteiger partial charge < -0.3 is 11.1 Å². The molecule has 1 saturated carbocycles. The summed E-state index contributed by atoms with van der Waals surface area (Å²) in [5, 5.41) is 16.9. The number of hydrogen-bond donors (Lipinski definition) is 2. The molecule has 5 heteroatoms. The minimum atomic E-state index is 0.377. The Balaban J connectivity index is 2.21. The van der Waals surface area contributed by atoms with Crippen LogP contribution in [0.2, 0.25) is 0 Å². The molecule has 1 aromatic heterocycles. The highest BCUT2D eigenvalue weighted by atomic mass is 15.3. The van der Waals surface area contributed by atoms with Crippen LogP contribution in [-0.4, -0.2) is 22.4 Å². The summed E-state index contributed by atoms with van der Waals surface area (Å²) in [5.41, 5.74) is 7.19. The third-order valence-corrected chi connectivity index (χ3v) is 3.62. The summed E-state index contributed by atoms with van der Waals surface area (Å²) in [6.07, 6.45) is 3.50. The average Bonchev–Trinajstić information content (AvgIpc) is 2.85. The summed E-state index contributed by atoms with van der Waals surface area (Å²) >= 11 is 0. The average molecular weight is 233 g/mol. The van der Waals surface area contributed by atoms with Crippen LogP contribution in [0.3, 0.4) is 0 Å². The number of nitrogens with one attached hydrogen (secondary N) is 1. The van der Waals surface area contributed by atoms with Crippen LogP contribution in [-0.2, 0) is 7.05 Å². The minimum absolute atomic E-state index is 0.377. The van der Waals surface area contributed by atoms with Crippen molar-refractivity contribution in [3.63, 3.8) is 0 Å². The van der Waals surface area contributed by atoms with Crippen LogP contribution in [0.5, 0.6) is 0 Å². The lowest BCUT2D eigenvalue weighted by atomic mass is 10.0. The number of nitrogens with two attached hydrogens (primary N) is 1. The molecule has 1 aliphatic rings. The molecule has 3 N–H and O–H groups in total. The van der Waals surface area contributed by atoms with Gasteiger partial charge in [-0.1, -0.05) is 6.42 Å². The zero-order valence-corrected chi connectivity index (χ0v) is 10.4. The van der Waals surface area contributed by atoms with E-state index in [2.05, 4.69) is 16.5 Å². The zero-order valence-electron chi connectivity index (χ0n) is 10.4. The van der Waals surface area contributed by atoms with Gasteiger partial charge >= 0.3 is 0 Å². The van der Waals surface area contributed by atoms with Crippen molar-refractivity contribution in [3.05, 3.63) is 11.3 Å². The van der Waals surface area contributed by atoms with Crippen molar-refractivity contribution in [1.82, 2.24) is 9.78 Å². The summed E-state index contributed by atoms with van der Waals surface area (Å²) in [4.78, 5) is 0. The molecule has 0 spiro atoms. The van der Waals surface area contributed by atoms with Gasteiger partial charge in [-0.3, -0.25) is 4.68 Å². The van der Waals surface area contributed by atoms with Gasteiger partial charge in [0, 0.05) is 13.1 Å². The number of aryl methyl sites for hydroxylation is 2. The molecule has 17 heavy (non-hydrogen) atoms. The summed E-state index contributed by atoms with van der Waals surface area (Å²) in [6, 6.07) is 2.59. The van der Waals surface area contributed by atoms with Crippen molar-refractivity contribution in [1.29, 1.82) is 5.26 Å². The van der Waals surface area contributed by atoms with E-state index in [0.29, 0.717) is 24.1 Å². The van der Waals surface area contributed by atoms with Gasteiger partial charge in [0.15, 0.2) is 0 Å². The van der Waals surface area contributed by atoms with Gasteiger partial charge in [0.25, 0.3) is 0 Å². The molecule has 0 aromatic carbocycles. The van der Waals surface area contributed by atoms with E-state index in [9.17, 15) is 0 Å². The van der Waals surface area contributed by atoms with Gasteiger partial charge in [-0.05, 0) is 32.2 Å². The fourth-order valence-corrected chi connectivity index (χ4v) is 2.64. The lowest BCUT2D eigenvalue weighted by Crippen LogP contribution is -2.30. The van der Waals surface area contributed by atoms with Crippen molar-refractivity contribution in [2.45, 2.75) is 32.2 Å². The predicted octanol–water partition coefficient (Wildman–Crippen LogP) is 1.14. The van der Waals surface area contributed by atoms with E-state index in [0.717, 1.165) is 17.9 Å². The molecule has 2 rings (SSSR count). The maximum Gasteiger partial charge on any atom is 0.142 e. The molecule has 2 atom stereocenters. The molecule has 2 unspecified atom stereocenters. The largest absolute Gasteiger partial charge is 0.366 e. The highest BCUT2D eigenvalue weighted by molar-refractivity contribution is 5.55. The molecule has 0 bridgehead atoms. The molecule has 0 saturated heterocycles. The number of rotatable bonds is 3. The van der Waals surface area contributed by atoms with Crippen LogP contribution in [0.25, 0.3) is 0 Å². The number of anilines is 1. The van der Waals surface area contributed by atoms with E-state index in [1.807, 2.05) is 14.0 Å². The summed E-state index contributed by atoms with van der Waals surface area (Å²) in [5.74, 6) is 1.34. The van der Waals surface area contributed by atoms with E-state index in [1.165, 1.54) is 12.8 Å². The van der Waals surface area contributed by atoms with E-state index in [1.54, 1.807) is 4.68 Å². The van der Waals surface area contributed by atoms with Crippen molar-refractivity contribution in [3.8, 4) is 6.07 Å². The maximum absolute atomic E-state index is 9.14. The Morgan fingerprint density at radius 2 is 2.35 bits per heavy atom. The van der Waals surface area contributed by atoms with Crippen molar-refractivity contribution in [2.75, 3.05) is 11.9 Å². The van der Waals surface area contributed by atoms with Crippen LogP contribution in [0.15, 0.2) is 0 Å². The fraction of sp³-hybridized carbons (Fsp3) is 0.667. The first-order valence-electron chi connectivity index (χ1n) is 6.07. The quantitative estimate of drug-likeness (QED) is 0.820. The molecule has 5 nitrogen and oxygen atoms in total. The van der Waals surface area contributed by atoms with Crippen LogP contribution < -0.4 is 11.1 Å². The number of aromatic nitrogens is 2. The monoisotopic (exact) mass is 233 g/mol. The molecule has 92 valence electrons. The fourth-order valence-electron chi connectivity index (χ4n) is 2.64. The second kappa shape index (κ2) is 4.76. The van der Waals surface area contributed by atoms with Gasteiger partial charge in [0.1, 0.15) is 17.5 Å². The Bertz CT molecular complexity index is 442. The van der Waals surface area contributed by atoms with Gasteiger partial charge in [0.2, 0.25) is 0 Å². The van der Waals surface area contributed by atoms with Crippen molar-refractivity contribution < 1.29 is 0 Å². The first kappa shape index (κ1) is 11.9. The summed E-state index contributed by atoms with van der Waals surface area (Å²) < 4.78 is 1.75. The smallest absolute Gasteiger partial charge is 0.142 e. The second-order valence-corrected chi connectivity index (χ2v) is 4.72. The molecule has 0 radical (unpaired) electrons. The van der Waals surface area contributed by atoms with Crippen molar-refractivity contribution >= 4 is 5.82 Å². The molecular weight excluding hydrogens is 214 g/mol. The lowest BCUT2D eigenvalue weighted by molar-refractivity contribution is 0.512. The normalized spacial score (nSPS) is 23.6. The highest BCUT2D eigenvalue weighted by Gasteiger charge is 2.27. The van der Waals surface area contributed by atoms with Gasteiger partial charge in [-0.25, -0.2) is 0 Å². The molecule has 0 amide bonds. The summed E-state index contributed by atoms with van der Waals surface area (Å²) in [7, 11) is 1.86. The minimum Gasteiger partial charge on any atom is -0.366 e. The SMILES string of the molecule is Cc1nn(C)c(NC2CCCC2CN)c1C#N. The van der Waals surface area contributed by atoms with E-state index in [-0.39, 0.29) is 0 Å². The Kier molecular flexibility index (Phi) is 3.34. The molecular formula is C12H19N5. The zero-order chi connectivity index (χ0) is 12.4. The third kappa shape index (κ3) is 2.13. The van der Waals surface area contributed by atoms with E-state index in [4.69, 9.17) is 11.0 Å². The first-order chi connectivity index (χ1) is 8.17. The lowest BCUT2D eigenvalue weighted by Gasteiger charge is -2.20. The molecule has 1 heterocycles. The Morgan fingerprint density at radius 3 is 3.00 bits per heavy atom. The standard InChI is InChI=1S/C12H19N5/c1-8-10(7-14)12(17(2)16-8)15-11-5-3-4-9(11)6-13/h9,11,15H,3-6,13H2,1-2H3. The van der Waals surface area contributed by atoms with Gasteiger partial charge in [-0.2, -0.15) is 10.4 Å². The van der Waals surface area contributed by atoms with E-state index < -0.39 is 0 Å². The van der Waals surface area contributed by atoms with Crippen LogP contribution in [0.4, 0.5) is 5.82 Å². The Hall–Kier alpha value is -1.54. The highest BCUT2D eigenvalue weighted by Crippen LogP contribution is 2.29. The van der Waals surface area contributed by atoms with Gasteiger partial charge in [0.05, 0.1) is 5.69 Å². The van der Waals surface area contributed by atoms with Crippen LogP contribution in [0, 0.1) is 24.2 Å². The Labute approximate surface area is 102 Å². The van der Waals surface area contributed by atoms with E-state index >= 15 is 0 Å². The second-order valence-electron chi connectivity index (χ2n) is 4.72. The topological polar surface area (TPSA) is 79.7 Å². The summed E-state index contributed by atoms with van der Waals surface area (Å²) in [6.45, 7) is 2.56. The van der Waals surface area contributed by atoms with Gasteiger partial charge in [-0.15, -0.1) is 0 Å². The van der Waals surface area contributed by atoms with Crippen molar-refractivity contribution in [2.24, 2.45) is 18.7 Å². The molecule has 1 fully saturated rings. The number of nitriles is 1. The number of hydrogen-bond acceptors (Lipinski definition) is 4. The number of nitrogens with zero attached hydrogens (tertiary/aromatic N) is 3. The third-order valence-electron chi connectivity index (χ3n) is 3.62. The molecule has 1 aromatic rings.